The standard InChI is InChI=1S/C16H14N4S2/c1-10(15-19-12-5-3-4-6-13(12)22-15)20(2)14-11-7-8-21-16(11)18-9-17-14/h3-10H,1-2H3/t10-/m0/s1. The molecule has 0 aliphatic carbocycles. The van der Waals surface area contributed by atoms with Crippen molar-refractivity contribution in [2.45, 2.75) is 13.0 Å². The Morgan fingerprint density at radius 1 is 1.14 bits per heavy atom. The first kappa shape index (κ1) is 13.6. The zero-order chi connectivity index (χ0) is 15.1. The van der Waals surface area contributed by atoms with Gasteiger partial charge in [0, 0.05) is 7.05 Å². The molecule has 1 aromatic carbocycles. The van der Waals surface area contributed by atoms with Crippen molar-refractivity contribution in [2.24, 2.45) is 0 Å². The van der Waals surface area contributed by atoms with Gasteiger partial charge in [-0.15, -0.1) is 22.7 Å². The molecular weight excluding hydrogens is 312 g/mol. The van der Waals surface area contributed by atoms with Crippen LogP contribution in [0.2, 0.25) is 0 Å². The summed E-state index contributed by atoms with van der Waals surface area (Å²) >= 11 is 3.38. The number of anilines is 1. The van der Waals surface area contributed by atoms with E-state index in [0.717, 1.165) is 26.6 Å². The van der Waals surface area contributed by atoms with Gasteiger partial charge < -0.3 is 4.90 Å². The van der Waals surface area contributed by atoms with Crippen LogP contribution in [0.5, 0.6) is 0 Å². The predicted octanol–water partition coefficient (Wildman–Crippen LogP) is 4.50. The number of nitrogens with zero attached hydrogens (tertiary/aromatic N) is 4. The monoisotopic (exact) mass is 326 g/mol. The minimum atomic E-state index is 0.162. The highest BCUT2D eigenvalue weighted by atomic mass is 32.1. The largest absolute Gasteiger partial charge is 0.350 e. The van der Waals surface area contributed by atoms with Gasteiger partial charge in [-0.1, -0.05) is 12.1 Å². The summed E-state index contributed by atoms with van der Waals surface area (Å²) in [5, 5.41) is 4.26. The molecule has 0 aliphatic heterocycles. The van der Waals surface area contributed by atoms with Crippen molar-refractivity contribution in [1.29, 1.82) is 0 Å². The van der Waals surface area contributed by atoms with Crippen LogP contribution >= 0.6 is 22.7 Å². The molecule has 0 saturated carbocycles. The molecule has 0 saturated heterocycles. The van der Waals surface area contributed by atoms with E-state index < -0.39 is 0 Å². The average Bonchev–Trinajstić information content (AvgIpc) is 3.19. The van der Waals surface area contributed by atoms with Gasteiger partial charge in [-0.05, 0) is 30.5 Å². The molecular formula is C16H14N4S2. The molecule has 6 heteroatoms. The third-order valence-corrected chi connectivity index (χ3v) is 5.85. The lowest BCUT2D eigenvalue weighted by Crippen LogP contribution is -2.22. The molecule has 0 bridgehead atoms. The minimum Gasteiger partial charge on any atom is -0.350 e. The molecule has 110 valence electrons. The van der Waals surface area contributed by atoms with E-state index in [1.807, 2.05) is 6.07 Å². The molecule has 0 N–H and O–H groups in total. The van der Waals surface area contributed by atoms with Crippen LogP contribution in [0, 0.1) is 0 Å². The molecule has 4 nitrogen and oxygen atoms in total. The maximum absolute atomic E-state index is 4.76. The summed E-state index contributed by atoms with van der Waals surface area (Å²) in [6.07, 6.45) is 1.63. The van der Waals surface area contributed by atoms with Gasteiger partial charge in [-0.25, -0.2) is 15.0 Å². The van der Waals surface area contributed by atoms with E-state index in [0.29, 0.717) is 0 Å². The fraction of sp³-hybridized carbons (Fsp3) is 0.188. The molecule has 0 unspecified atom stereocenters. The van der Waals surface area contributed by atoms with E-state index in [9.17, 15) is 0 Å². The Morgan fingerprint density at radius 2 is 2.00 bits per heavy atom. The number of thiophene rings is 1. The highest BCUT2D eigenvalue weighted by Gasteiger charge is 2.19. The van der Waals surface area contributed by atoms with Gasteiger partial charge in [0.15, 0.2) is 0 Å². The summed E-state index contributed by atoms with van der Waals surface area (Å²) in [5.41, 5.74) is 1.06. The van der Waals surface area contributed by atoms with Crippen molar-refractivity contribution >= 4 is 48.9 Å². The second-order valence-corrected chi connectivity index (χ2v) is 7.10. The quantitative estimate of drug-likeness (QED) is 0.556. The van der Waals surface area contributed by atoms with E-state index in [-0.39, 0.29) is 6.04 Å². The van der Waals surface area contributed by atoms with Crippen LogP contribution in [0.25, 0.3) is 20.4 Å². The molecule has 0 fully saturated rings. The summed E-state index contributed by atoms with van der Waals surface area (Å²) in [6.45, 7) is 2.16. The summed E-state index contributed by atoms with van der Waals surface area (Å²) in [6, 6.07) is 10.5. The Morgan fingerprint density at radius 3 is 2.86 bits per heavy atom. The van der Waals surface area contributed by atoms with Crippen LogP contribution in [0.3, 0.4) is 0 Å². The molecule has 3 aromatic heterocycles. The van der Waals surface area contributed by atoms with Gasteiger partial charge >= 0.3 is 0 Å². The van der Waals surface area contributed by atoms with Crippen molar-refractivity contribution in [3.63, 3.8) is 0 Å². The fourth-order valence-corrected chi connectivity index (χ4v) is 4.27. The third-order valence-electron chi connectivity index (χ3n) is 3.82. The van der Waals surface area contributed by atoms with E-state index in [1.54, 1.807) is 29.0 Å². The topological polar surface area (TPSA) is 41.9 Å². The molecule has 22 heavy (non-hydrogen) atoms. The van der Waals surface area contributed by atoms with E-state index in [4.69, 9.17) is 4.98 Å². The van der Waals surface area contributed by atoms with Crippen molar-refractivity contribution in [1.82, 2.24) is 15.0 Å². The van der Waals surface area contributed by atoms with E-state index >= 15 is 0 Å². The van der Waals surface area contributed by atoms with Crippen LogP contribution in [0.1, 0.15) is 18.0 Å². The summed E-state index contributed by atoms with van der Waals surface area (Å²) < 4.78 is 1.22. The molecule has 3 heterocycles. The predicted molar refractivity (Wildman–Crippen MR) is 93.9 cm³/mol. The van der Waals surface area contributed by atoms with Gasteiger partial charge in [0.25, 0.3) is 0 Å². The number of benzene rings is 1. The van der Waals surface area contributed by atoms with Crippen molar-refractivity contribution in [3.05, 3.63) is 47.0 Å². The lowest BCUT2D eigenvalue weighted by Gasteiger charge is -2.24. The second kappa shape index (κ2) is 5.30. The normalized spacial score (nSPS) is 12.8. The molecule has 0 radical (unpaired) electrons. The highest BCUT2D eigenvalue weighted by Crippen LogP contribution is 2.34. The maximum Gasteiger partial charge on any atom is 0.141 e. The Bertz CT molecular complexity index is 910. The Balaban J connectivity index is 1.75. The van der Waals surface area contributed by atoms with Crippen LogP contribution < -0.4 is 4.90 Å². The number of hydrogen-bond donors (Lipinski definition) is 0. The molecule has 0 amide bonds. The molecule has 0 spiro atoms. The van der Waals surface area contributed by atoms with E-state index in [1.165, 1.54) is 4.70 Å². The smallest absolute Gasteiger partial charge is 0.141 e. The van der Waals surface area contributed by atoms with Crippen LogP contribution in [-0.4, -0.2) is 22.0 Å². The van der Waals surface area contributed by atoms with Crippen molar-refractivity contribution in [2.75, 3.05) is 11.9 Å². The lowest BCUT2D eigenvalue weighted by atomic mass is 10.2. The summed E-state index contributed by atoms with van der Waals surface area (Å²) in [5.74, 6) is 0.956. The lowest BCUT2D eigenvalue weighted by molar-refractivity contribution is 0.726. The summed E-state index contributed by atoms with van der Waals surface area (Å²) in [7, 11) is 2.07. The van der Waals surface area contributed by atoms with Gasteiger partial charge in [-0.3, -0.25) is 0 Å². The SMILES string of the molecule is C[C@@H](c1nc2ccccc2s1)N(C)c1ncnc2sccc12. The Hall–Kier alpha value is -2.05. The number of hydrogen-bond acceptors (Lipinski definition) is 6. The molecule has 0 aliphatic rings. The maximum atomic E-state index is 4.76. The average molecular weight is 326 g/mol. The first-order valence-corrected chi connectivity index (χ1v) is 8.70. The number of aromatic nitrogens is 3. The molecule has 4 rings (SSSR count). The second-order valence-electron chi connectivity index (χ2n) is 5.14. The van der Waals surface area contributed by atoms with Gasteiger partial charge in [0.05, 0.1) is 21.6 Å². The Kier molecular flexibility index (Phi) is 3.28. The fourth-order valence-electron chi connectivity index (χ4n) is 2.48. The minimum absolute atomic E-state index is 0.162. The summed E-state index contributed by atoms with van der Waals surface area (Å²) in [4.78, 5) is 16.8. The number of thiazole rings is 1. The van der Waals surface area contributed by atoms with Crippen LogP contribution in [-0.2, 0) is 0 Å². The van der Waals surface area contributed by atoms with Gasteiger partial charge in [0.2, 0.25) is 0 Å². The zero-order valence-electron chi connectivity index (χ0n) is 12.2. The van der Waals surface area contributed by atoms with Crippen molar-refractivity contribution in [3.8, 4) is 0 Å². The highest BCUT2D eigenvalue weighted by molar-refractivity contribution is 7.18. The molecule has 1 atom stereocenters. The van der Waals surface area contributed by atoms with Crippen LogP contribution in [0.15, 0.2) is 42.0 Å². The Labute approximate surface area is 136 Å². The first-order chi connectivity index (χ1) is 10.7. The number of fused-ring (bicyclic) bond motifs is 2. The third kappa shape index (κ3) is 2.15. The van der Waals surface area contributed by atoms with Crippen LogP contribution in [0.4, 0.5) is 5.82 Å². The first-order valence-electron chi connectivity index (χ1n) is 7.00. The van der Waals surface area contributed by atoms with Crippen molar-refractivity contribution < 1.29 is 0 Å². The van der Waals surface area contributed by atoms with Gasteiger partial charge in [-0.2, -0.15) is 0 Å². The number of para-hydroxylation sites is 1. The van der Waals surface area contributed by atoms with Gasteiger partial charge in [0.1, 0.15) is 22.0 Å². The van der Waals surface area contributed by atoms with E-state index in [2.05, 4.69) is 58.5 Å². The number of rotatable bonds is 3. The molecule has 4 aromatic rings. The zero-order valence-corrected chi connectivity index (χ0v) is 13.9.